The van der Waals surface area contributed by atoms with E-state index in [0.29, 0.717) is 16.3 Å². The van der Waals surface area contributed by atoms with Crippen LogP contribution in [0.3, 0.4) is 0 Å². The molecule has 0 N–H and O–H groups in total. The zero-order chi connectivity index (χ0) is 21.6. The van der Waals surface area contributed by atoms with Gasteiger partial charge < -0.3 is 4.90 Å². The summed E-state index contributed by atoms with van der Waals surface area (Å²) < 4.78 is 0. The van der Waals surface area contributed by atoms with Gasteiger partial charge in [-0.05, 0) is 76.1 Å². The van der Waals surface area contributed by atoms with E-state index in [4.69, 9.17) is 11.6 Å². The van der Waals surface area contributed by atoms with Gasteiger partial charge in [-0.1, -0.05) is 35.9 Å². The third-order valence-corrected chi connectivity index (χ3v) is 6.10. The SMILES string of the molecule is CCN1c2cc(Cl)c(/C=C3\C(=O)N(c4ccccc4)N=C3C)cc2C(C)=CC1(C)C. The van der Waals surface area contributed by atoms with E-state index in [2.05, 4.69) is 49.8 Å². The summed E-state index contributed by atoms with van der Waals surface area (Å²) in [6.07, 6.45) is 4.14. The summed E-state index contributed by atoms with van der Waals surface area (Å²) >= 11 is 6.70. The maximum Gasteiger partial charge on any atom is 0.280 e. The molecule has 154 valence electrons. The van der Waals surface area contributed by atoms with E-state index in [-0.39, 0.29) is 11.4 Å². The van der Waals surface area contributed by atoms with E-state index in [1.54, 1.807) is 0 Å². The van der Waals surface area contributed by atoms with Crippen LogP contribution in [-0.4, -0.2) is 23.7 Å². The topological polar surface area (TPSA) is 35.9 Å². The highest BCUT2D eigenvalue weighted by atomic mass is 35.5. The minimum Gasteiger partial charge on any atom is -0.363 e. The van der Waals surface area contributed by atoms with Crippen molar-refractivity contribution in [3.63, 3.8) is 0 Å². The van der Waals surface area contributed by atoms with Crippen molar-refractivity contribution in [3.8, 4) is 0 Å². The highest BCUT2D eigenvalue weighted by molar-refractivity contribution is 6.35. The summed E-state index contributed by atoms with van der Waals surface area (Å²) in [6, 6.07) is 13.6. The van der Waals surface area contributed by atoms with Crippen molar-refractivity contribution in [1.82, 2.24) is 0 Å². The molecule has 1 amide bonds. The van der Waals surface area contributed by atoms with E-state index < -0.39 is 0 Å². The molecule has 0 radical (unpaired) electrons. The summed E-state index contributed by atoms with van der Waals surface area (Å²) in [7, 11) is 0. The first-order valence-corrected chi connectivity index (χ1v) is 10.6. The van der Waals surface area contributed by atoms with Crippen molar-refractivity contribution in [2.24, 2.45) is 5.10 Å². The van der Waals surface area contributed by atoms with Crippen LogP contribution in [0.4, 0.5) is 11.4 Å². The predicted octanol–water partition coefficient (Wildman–Crippen LogP) is 6.17. The summed E-state index contributed by atoms with van der Waals surface area (Å²) in [4.78, 5) is 15.4. The maximum absolute atomic E-state index is 13.0. The van der Waals surface area contributed by atoms with Crippen molar-refractivity contribution in [2.75, 3.05) is 16.5 Å². The van der Waals surface area contributed by atoms with Crippen molar-refractivity contribution < 1.29 is 4.79 Å². The zero-order valence-electron chi connectivity index (χ0n) is 18.0. The Morgan fingerprint density at radius 1 is 1.13 bits per heavy atom. The number of fused-ring (bicyclic) bond motifs is 1. The van der Waals surface area contributed by atoms with Gasteiger partial charge in [-0.25, -0.2) is 0 Å². The molecular weight excluding hydrogens is 394 g/mol. The Balaban J connectivity index is 1.76. The number of allylic oxidation sites excluding steroid dienone is 1. The molecule has 0 unspecified atom stereocenters. The van der Waals surface area contributed by atoms with Crippen molar-refractivity contribution in [1.29, 1.82) is 0 Å². The molecule has 2 aromatic carbocycles. The number of hydrazone groups is 1. The van der Waals surface area contributed by atoms with Crippen molar-refractivity contribution in [2.45, 2.75) is 40.2 Å². The Morgan fingerprint density at radius 2 is 1.83 bits per heavy atom. The van der Waals surface area contributed by atoms with Crippen LogP contribution < -0.4 is 9.91 Å². The minimum absolute atomic E-state index is 0.0734. The molecule has 0 bridgehead atoms. The van der Waals surface area contributed by atoms with Gasteiger partial charge in [0.15, 0.2) is 0 Å². The molecule has 30 heavy (non-hydrogen) atoms. The van der Waals surface area contributed by atoms with Crippen molar-refractivity contribution >= 4 is 46.2 Å². The van der Waals surface area contributed by atoms with E-state index in [1.165, 1.54) is 10.6 Å². The molecule has 4 rings (SSSR count). The lowest BCUT2D eigenvalue weighted by molar-refractivity contribution is -0.114. The number of nitrogens with zero attached hydrogens (tertiary/aromatic N) is 3. The summed E-state index contributed by atoms with van der Waals surface area (Å²) in [5, 5.41) is 6.54. The van der Waals surface area contributed by atoms with E-state index in [9.17, 15) is 4.79 Å². The molecule has 0 aliphatic carbocycles. The second-order valence-corrected chi connectivity index (χ2v) is 8.72. The van der Waals surface area contributed by atoms with Crippen LogP contribution >= 0.6 is 11.6 Å². The molecule has 0 saturated heterocycles. The van der Waals surface area contributed by atoms with Crippen LogP contribution in [0.15, 0.2) is 59.2 Å². The average Bonchev–Trinajstić information content (AvgIpc) is 2.97. The molecule has 2 aliphatic rings. The van der Waals surface area contributed by atoms with Gasteiger partial charge in [0.25, 0.3) is 5.91 Å². The highest BCUT2D eigenvalue weighted by Crippen LogP contribution is 2.42. The molecule has 0 spiro atoms. The van der Waals surface area contributed by atoms with Crippen LogP contribution in [0.25, 0.3) is 11.6 Å². The van der Waals surface area contributed by atoms with E-state index in [0.717, 1.165) is 29.0 Å². The quantitative estimate of drug-likeness (QED) is 0.558. The number of carbonyl (C=O) groups is 1. The third kappa shape index (κ3) is 3.35. The largest absolute Gasteiger partial charge is 0.363 e. The Labute approximate surface area is 183 Å². The molecule has 0 fully saturated rings. The molecular formula is C25H26ClN3O. The Bertz CT molecular complexity index is 1110. The third-order valence-electron chi connectivity index (χ3n) is 5.78. The molecule has 5 heteroatoms. The number of halogens is 1. The van der Waals surface area contributed by atoms with Gasteiger partial charge in [-0.2, -0.15) is 10.1 Å². The molecule has 4 nitrogen and oxygen atoms in total. The fourth-order valence-electron chi connectivity index (χ4n) is 4.39. The monoisotopic (exact) mass is 419 g/mol. The minimum atomic E-state index is -0.143. The maximum atomic E-state index is 13.0. The Morgan fingerprint density at radius 3 is 2.50 bits per heavy atom. The smallest absolute Gasteiger partial charge is 0.280 e. The number of rotatable bonds is 3. The van der Waals surface area contributed by atoms with Gasteiger partial charge >= 0.3 is 0 Å². The molecule has 2 heterocycles. The van der Waals surface area contributed by atoms with Gasteiger partial charge in [-0.15, -0.1) is 0 Å². The number of anilines is 2. The molecule has 0 atom stereocenters. The van der Waals surface area contributed by atoms with Crippen LogP contribution in [0, 0.1) is 0 Å². The summed E-state index contributed by atoms with van der Waals surface area (Å²) in [5.74, 6) is -0.143. The van der Waals surface area contributed by atoms with Gasteiger partial charge in [-0.3, -0.25) is 4.79 Å². The second-order valence-electron chi connectivity index (χ2n) is 8.31. The Hall–Kier alpha value is -2.85. The molecule has 2 aromatic rings. The number of amides is 1. The summed E-state index contributed by atoms with van der Waals surface area (Å²) in [5.41, 5.74) is 6.23. The van der Waals surface area contributed by atoms with E-state index >= 15 is 0 Å². The highest BCUT2D eigenvalue weighted by Gasteiger charge is 2.32. The fourth-order valence-corrected chi connectivity index (χ4v) is 4.60. The number of hydrogen-bond acceptors (Lipinski definition) is 3. The predicted molar refractivity (Wildman–Crippen MR) is 127 cm³/mol. The van der Waals surface area contributed by atoms with E-state index in [1.807, 2.05) is 49.4 Å². The average molecular weight is 420 g/mol. The van der Waals surface area contributed by atoms with Gasteiger partial charge in [0.1, 0.15) is 0 Å². The number of likely N-dealkylation sites (N-methyl/N-ethyl adjacent to an activating group) is 1. The molecule has 0 saturated carbocycles. The first-order valence-electron chi connectivity index (χ1n) is 10.2. The number of para-hydroxylation sites is 1. The first kappa shape index (κ1) is 20.4. The number of benzene rings is 2. The summed E-state index contributed by atoms with van der Waals surface area (Å²) in [6.45, 7) is 11.4. The lowest BCUT2D eigenvalue weighted by atomic mass is 9.87. The van der Waals surface area contributed by atoms with Gasteiger partial charge in [0, 0.05) is 22.8 Å². The van der Waals surface area contributed by atoms with Crippen LogP contribution in [0.5, 0.6) is 0 Å². The molecule has 2 aliphatic heterocycles. The Kier molecular flexibility index (Phi) is 5.07. The zero-order valence-corrected chi connectivity index (χ0v) is 18.8. The second kappa shape index (κ2) is 7.44. The molecule has 0 aromatic heterocycles. The lowest BCUT2D eigenvalue weighted by Crippen LogP contribution is -2.44. The fraction of sp³-hybridized carbons (Fsp3) is 0.280. The normalized spacial score (nSPS) is 19.1. The first-order chi connectivity index (χ1) is 14.2. The number of carbonyl (C=O) groups excluding carboxylic acids is 1. The standard InChI is InChI=1S/C25H26ClN3O/c1-6-28-23-14-22(26)18(12-20(23)16(2)15-25(28,4)5)13-21-17(3)27-29(24(21)30)19-10-8-7-9-11-19/h7-15H,6H2,1-5H3/b21-13-. The van der Waals surface area contributed by atoms with Gasteiger partial charge in [0.05, 0.1) is 22.5 Å². The van der Waals surface area contributed by atoms with Gasteiger partial charge in [0.2, 0.25) is 0 Å². The number of hydrogen-bond donors (Lipinski definition) is 0. The lowest BCUT2D eigenvalue weighted by Gasteiger charge is -2.43. The van der Waals surface area contributed by atoms with Crippen molar-refractivity contribution in [3.05, 3.63) is 70.3 Å². The van der Waals surface area contributed by atoms with Crippen LogP contribution in [0.2, 0.25) is 5.02 Å². The van der Waals surface area contributed by atoms with Crippen LogP contribution in [-0.2, 0) is 4.79 Å². The van der Waals surface area contributed by atoms with Crippen LogP contribution in [0.1, 0.15) is 45.7 Å².